The zero-order valence-electron chi connectivity index (χ0n) is 12.0. The molecule has 7 nitrogen and oxygen atoms in total. The molecular formula is C13H21N5O2. The molecule has 7 heteroatoms. The maximum Gasteiger partial charge on any atom is 0.329 e. The van der Waals surface area contributed by atoms with Crippen LogP contribution in [-0.4, -0.2) is 28.0 Å². The van der Waals surface area contributed by atoms with Crippen LogP contribution in [0.2, 0.25) is 0 Å². The van der Waals surface area contributed by atoms with Gasteiger partial charge in [0, 0.05) is 13.1 Å². The Bertz CT molecular complexity index is 490. The number of hydrogen-bond acceptors (Lipinski definition) is 6. The van der Waals surface area contributed by atoms with E-state index in [9.17, 15) is 10.1 Å². The van der Waals surface area contributed by atoms with Crippen molar-refractivity contribution in [2.24, 2.45) is 11.8 Å². The molecule has 1 aromatic rings. The van der Waals surface area contributed by atoms with Crippen molar-refractivity contribution in [1.29, 1.82) is 0 Å². The van der Waals surface area contributed by atoms with Gasteiger partial charge in [0.25, 0.3) is 0 Å². The molecule has 0 radical (unpaired) electrons. The Morgan fingerprint density at radius 1 is 1.55 bits per heavy atom. The van der Waals surface area contributed by atoms with Crippen LogP contribution in [-0.2, 0) is 0 Å². The van der Waals surface area contributed by atoms with Gasteiger partial charge < -0.3 is 10.6 Å². The van der Waals surface area contributed by atoms with Gasteiger partial charge in [-0.3, -0.25) is 10.1 Å². The summed E-state index contributed by atoms with van der Waals surface area (Å²) in [6, 6.07) is 0. The molecule has 1 aliphatic heterocycles. The topological polar surface area (TPSA) is 98.2 Å². The zero-order valence-corrected chi connectivity index (χ0v) is 12.0. The van der Waals surface area contributed by atoms with E-state index in [1.165, 1.54) is 19.0 Å². The predicted octanol–water partition coefficient (Wildman–Crippen LogP) is 2.23. The molecule has 20 heavy (non-hydrogen) atoms. The lowest BCUT2D eigenvalue weighted by atomic mass is 9.87. The van der Waals surface area contributed by atoms with Crippen LogP contribution in [0.5, 0.6) is 0 Å². The zero-order chi connectivity index (χ0) is 14.7. The normalized spacial score (nSPS) is 18.8. The number of hydrogen-bond donors (Lipinski definition) is 1. The summed E-state index contributed by atoms with van der Waals surface area (Å²) in [5.74, 6) is 1.80. The summed E-state index contributed by atoms with van der Waals surface area (Å²) in [5.41, 5.74) is 5.39. The molecular weight excluding hydrogens is 258 g/mol. The lowest BCUT2D eigenvalue weighted by Crippen LogP contribution is -2.24. The van der Waals surface area contributed by atoms with Crippen LogP contribution in [0.15, 0.2) is 6.20 Å². The monoisotopic (exact) mass is 279 g/mol. The Morgan fingerprint density at radius 2 is 2.25 bits per heavy atom. The van der Waals surface area contributed by atoms with Crippen LogP contribution < -0.4 is 10.6 Å². The summed E-state index contributed by atoms with van der Waals surface area (Å²) in [7, 11) is 0. The highest BCUT2D eigenvalue weighted by Crippen LogP contribution is 2.31. The van der Waals surface area contributed by atoms with Crippen LogP contribution in [0.1, 0.15) is 33.1 Å². The molecule has 0 saturated carbocycles. The summed E-state index contributed by atoms with van der Waals surface area (Å²) >= 11 is 0. The Balaban J connectivity index is 2.10. The Hall–Kier alpha value is -1.92. The highest BCUT2D eigenvalue weighted by Gasteiger charge is 2.29. The van der Waals surface area contributed by atoms with E-state index in [4.69, 9.17) is 5.73 Å². The summed E-state index contributed by atoms with van der Waals surface area (Å²) in [4.78, 5) is 20.4. The van der Waals surface area contributed by atoms with Crippen molar-refractivity contribution in [3.05, 3.63) is 16.3 Å². The van der Waals surface area contributed by atoms with Gasteiger partial charge in [0.1, 0.15) is 6.20 Å². The molecule has 0 aliphatic carbocycles. The lowest BCUT2D eigenvalue weighted by molar-refractivity contribution is -0.384. The molecule has 1 aliphatic rings. The SMILES string of the molecule is CCC(CC)C1CCN(c2ncc([N+](=O)[O-])c(N)n2)C1. The first-order valence-electron chi connectivity index (χ1n) is 7.08. The lowest BCUT2D eigenvalue weighted by Gasteiger charge is -2.21. The average molecular weight is 279 g/mol. The number of anilines is 2. The summed E-state index contributed by atoms with van der Waals surface area (Å²) in [6.45, 7) is 6.23. The number of nitro groups is 1. The van der Waals surface area contributed by atoms with Gasteiger partial charge in [0.2, 0.25) is 11.8 Å². The number of nitrogens with zero attached hydrogens (tertiary/aromatic N) is 4. The molecule has 0 bridgehead atoms. The first-order chi connectivity index (χ1) is 9.56. The third-order valence-electron chi connectivity index (χ3n) is 4.20. The summed E-state index contributed by atoms with van der Waals surface area (Å²) < 4.78 is 0. The minimum absolute atomic E-state index is 0.0639. The van der Waals surface area contributed by atoms with Crippen molar-refractivity contribution in [3.8, 4) is 0 Å². The van der Waals surface area contributed by atoms with E-state index in [2.05, 4.69) is 28.7 Å². The standard InChI is InChI=1S/C13H21N5O2/c1-3-9(4-2)10-5-6-17(8-10)13-15-7-11(18(19)20)12(14)16-13/h7,9-10H,3-6,8H2,1-2H3,(H2,14,15,16). The van der Waals surface area contributed by atoms with Gasteiger partial charge in [-0.2, -0.15) is 4.98 Å². The molecule has 1 saturated heterocycles. The highest BCUT2D eigenvalue weighted by atomic mass is 16.6. The van der Waals surface area contributed by atoms with Gasteiger partial charge in [-0.05, 0) is 18.3 Å². The van der Waals surface area contributed by atoms with Crippen LogP contribution in [0.4, 0.5) is 17.5 Å². The molecule has 0 amide bonds. The fourth-order valence-electron chi connectivity index (χ4n) is 2.98. The predicted molar refractivity (Wildman–Crippen MR) is 77.5 cm³/mol. The molecule has 2 rings (SSSR count). The van der Waals surface area contributed by atoms with Gasteiger partial charge in [-0.25, -0.2) is 4.98 Å². The Labute approximate surface area is 118 Å². The first kappa shape index (κ1) is 14.5. The van der Waals surface area contributed by atoms with Crippen LogP contribution in [0, 0.1) is 22.0 Å². The number of nitrogens with two attached hydrogens (primary N) is 1. The molecule has 110 valence electrons. The number of nitrogen functional groups attached to an aromatic ring is 1. The van der Waals surface area contributed by atoms with E-state index in [0.29, 0.717) is 11.9 Å². The largest absolute Gasteiger partial charge is 0.378 e. The fraction of sp³-hybridized carbons (Fsp3) is 0.692. The van der Waals surface area contributed by atoms with Crippen molar-refractivity contribution in [3.63, 3.8) is 0 Å². The van der Waals surface area contributed by atoms with Gasteiger partial charge in [-0.15, -0.1) is 0 Å². The Morgan fingerprint density at radius 3 is 2.80 bits per heavy atom. The minimum Gasteiger partial charge on any atom is -0.378 e. The van der Waals surface area contributed by atoms with Crippen molar-refractivity contribution in [2.45, 2.75) is 33.1 Å². The average Bonchev–Trinajstić information content (AvgIpc) is 2.89. The smallest absolute Gasteiger partial charge is 0.329 e. The molecule has 1 atom stereocenters. The molecule has 1 aromatic heterocycles. The maximum atomic E-state index is 10.7. The van der Waals surface area contributed by atoms with Crippen LogP contribution in [0.25, 0.3) is 0 Å². The van der Waals surface area contributed by atoms with E-state index >= 15 is 0 Å². The van der Waals surface area contributed by atoms with Gasteiger partial charge >= 0.3 is 5.69 Å². The molecule has 2 N–H and O–H groups in total. The van der Waals surface area contributed by atoms with E-state index in [1.807, 2.05) is 0 Å². The van der Waals surface area contributed by atoms with Gasteiger partial charge in [0.05, 0.1) is 4.92 Å². The second-order valence-electron chi connectivity index (χ2n) is 5.27. The molecule has 2 heterocycles. The maximum absolute atomic E-state index is 10.7. The summed E-state index contributed by atoms with van der Waals surface area (Å²) in [5, 5.41) is 10.7. The van der Waals surface area contributed by atoms with E-state index in [1.54, 1.807) is 0 Å². The highest BCUT2D eigenvalue weighted by molar-refractivity contribution is 5.54. The van der Waals surface area contributed by atoms with Gasteiger partial charge in [0.15, 0.2) is 0 Å². The third-order valence-corrected chi connectivity index (χ3v) is 4.20. The van der Waals surface area contributed by atoms with Gasteiger partial charge in [-0.1, -0.05) is 26.7 Å². The van der Waals surface area contributed by atoms with E-state index < -0.39 is 4.92 Å². The van der Waals surface area contributed by atoms with Crippen molar-refractivity contribution >= 4 is 17.5 Å². The quantitative estimate of drug-likeness (QED) is 0.655. The second kappa shape index (κ2) is 6.02. The molecule has 1 unspecified atom stereocenters. The van der Waals surface area contributed by atoms with Crippen LogP contribution in [0.3, 0.4) is 0 Å². The Kier molecular flexibility index (Phi) is 4.36. The molecule has 1 fully saturated rings. The van der Waals surface area contributed by atoms with Crippen molar-refractivity contribution < 1.29 is 4.92 Å². The van der Waals surface area contributed by atoms with Crippen LogP contribution >= 0.6 is 0 Å². The van der Waals surface area contributed by atoms with Crippen molar-refractivity contribution in [2.75, 3.05) is 23.7 Å². The first-order valence-corrected chi connectivity index (χ1v) is 7.08. The van der Waals surface area contributed by atoms with E-state index in [0.717, 1.165) is 25.4 Å². The third kappa shape index (κ3) is 2.81. The fourth-order valence-corrected chi connectivity index (χ4v) is 2.98. The molecule has 0 spiro atoms. The number of rotatable bonds is 5. The molecule has 0 aromatic carbocycles. The number of aromatic nitrogens is 2. The van der Waals surface area contributed by atoms with E-state index in [-0.39, 0.29) is 11.5 Å². The van der Waals surface area contributed by atoms with Crippen molar-refractivity contribution in [1.82, 2.24) is 9.97 Å². The minimum atomic E-state index is -0.559. The second-order valence-corrected chi connectivity index (χ2v) is 5.27. The summed E-state index contributed by atoms with van der Waals surface area (Å²) in [6.07, 6.45) is 4.67.